The molecule has 3 heterocycles. The molecule has 0 aromatic carbocycles. The summed E-state index contributed by atoms with van der Waals surface area (Å²) in [6.07, 6.45) is 10.8. The summed E-state index contributed by atoms with van der Waals surface area (Å²) in [5, 5.41) is 21.4. The molecule has 0 aliphatic carbocycles. The molecular weight excluding hydrogens is 438 g/mol. The lowest BCUT2D eigenvalue weighted by molar-refractivity contribution is -0.143. The van der Waals surface area contributed by atoms with Crippen LogP contribution in [-0.4, -0.2) is 70.9 Å². The average molecular weight is 478 g/mol. The molecule has 8 atom stereocenters. The Morgan fingerprint density at radius 2 is 1.94 bits per heavy atom. The smallest absolute Gasteiger partial charge is 0.305 e. The number of carboxylic acid groups (broad SMARTS) is 1. The topological polar surface area (TPSA) is 118 Å². The summed E-state index contributed by atoms with van der Waals surface area (Å²) in [4.78, 5) is 23.1. The lowest BCUT2D eigenvalue weighted by Gasteiger charge is -2.39. The van der Waals surface area contributed by atoms with Crippen LogP contribution in [-0.2, 0) is 23.8 Å². The molecule has 190 valence electrons. The maximum absolute atomic E-state index is 12.1. The van der Waals surface area contributed by atoms with Crippen LogP contribution in [0.4, 0.5) is 0 Å². The summed E-state index contributed by atoms with van der Waals surface area (Å²) in [7, 11) is 0. The van der Waals surface area contributed by atoms with Crippen LogP contribution in [0.15, 0.2) is 36.0 Å². The van der Waals surface area contributed by atoms with Crippen molar-refractivity contribution < 1.29 is 34.0 Å². The fourth-order valence-corrected chi connectivity index (χ4v) is 4.77. The number of hydrogen-bond acceptors (Lipinski definition) is 6. The van der Waals surface area contributed by atoms with Crippen molar-refractivity contribution in [2.45, 2.75) is 102 Å². The van der Waals surface area contributed by atoms with Crippen molar-refractivity contribution in [2.24, 2.45) is 5.92 Å². The Morgan fingerprint density at radius 3 is 2.59 bits per heavy atom. The van der Waals surface area contributed by atoms with Gasteiger partial charge in [0.1, 0.15) is 0 Å². The molecule has 0 bridgehead atoms. The standard InChI is InChI=1S/C26H39NO7/c1-16(5-8-20-13-26(15-32-26)14-21(34-20)12-25(30)31)6-9-23-17(2)11-22(19(4)33-23)27-24(29)10-7-18(3)28/h5-8,10,17-23,28H,9,11-15H2,1-4H3,(H,27,29)(H,30,31). The number of amides is 1. The van der Waals surface area contributed by atoms with Gasteiger partial charge < -0.3 is 29.7 Å². The second kappa shape index (κ2) is 11.6. The maximum atomic E-state index is 12.1. The molecule has 0 aromatic rings. The van der Waals surface area contributed by atoms with E-state index in [1.54, 1.807) is 6.92 Å². The van der Waals surface area contributed by atoms with Crippen molar-refractivity contribution in [3.8, 4) is 0 Å². The highest BCUT2D eigenvalue weighted by Crippen LogP contribution is 2.43. The molecule has 1 spiro atoms. The molecule has 8 unspecified atom stereocenters. The minimum absolute atomic E-state index is 0.00233. The number of rotatable bonds is 9. The zero-order valence-electron chi connectivity index (χ0n) is 20.6. The number of nitrogens with one attached hydrogen (secondary N) is 1. The van der Waals surface area contributed by atoms with Gasteiger partial charge in [0.2, 0.25) is 5.91 Å². The summed E-state index contributed by atoms with van der Waals surface area (Å²) in [6.45, 7) is 8.42. The number of epoxide rings is 1. The number of allylic oxidation sites excluding steroid dienone is 2. The quantitative estimate of drug-likeness (QED) is 0.265. The number of hydrogen-bond donors (Lipinski definition) is 3. The average Bonchev–Trinajstić information content (AvgIpc) is 3.49. The number of aliphatic carboxylic acids is 1. The summed E-state index contributed by atoms with van der Waals surface area (Å²) in [5.74, 6) is -0.794. The fourth-order valence-electron chi connectivity index (χ4n) is 4.77. The monoisotopic (exact) mass is 477 g/mol. The molecule has 3 aliphatic heterocycles. The van der Waals surface area contributed by atoms with E-state index in [0.717, 1.165) is 24.8 Å². The van der Waals surface area contributed by atoms with Crippen molar-refractivity contribution in [3.05, 3.63) is 36.0 Å². The van der Waals surface area contributed by atoms with Gasteiger partial charge in [-0.1, -0.05) is 36.8 Å². The second-order valence-electron chi connectivity index (χ2n) is 10.1. The third-order valence-electron chi connectivity index (χ3n) is 6.81. The molecule has 3 saturated heterocycles. The highest BCUT2D eigenvalue weighted by atomic mass is 16.6. The highest BCUT2D eigenvalue weighted by Gasteiger charge is 2.51. The van der Waals surface area contributed by atoms with Crippen LogP contribution in [0, 0.1) is 5.92 Å². The van der Waals surface area contributed by atoms with E-state index in [-0.39, 0.29) is 54.3 Å². The van der Waals surface area contributed by atoms with Crippen LogP contribution in [0.2, 0.25) is 0 Å². The number of aliphatic hydroxyl groups is 1. The van der Waals surface area contributed by atoms with Crippen molar-refractivity contribution in [2.75, 3.05) is 6.61 Å². The van der Waals surface area contributed by atoms with Gasteiger partial charge >= 0.3 is 5.97 Å². The van der Waals surface area contributed by atoms with E-state index in [1.165, 1.54) is 12.2 Å². The summed E-state index contributed by atoms with van der Waals surface area (Å²) in [5.41, 5.74) is 0.891. The van der Waals surface area contributed by atoms with Crippen LogP contribution in [0.25, 0.3) is 0 Å². The minimum atomic E-state index is -0.852. The Bertz CT molecular complexity index is 814. The van der Waals surface area contributed by atoms with Gasteiger partial charge in [0.15, 0.2) is 0 Å². The Labute approximate surface area is 202 Å². The third-order valence-corrected chi connectivity index (χ3v) is 6.81. The predicted octanol–water partition coefficient (Wildman–Crippen LogP) is 2.91. The van der Waals surface area contributed by atoms with Crippen LogP contribution in [0.5, 0.6) is 0 Å². The van der Waals surface area contributed by atoms with Crippen LogP contribution < -0.4 is 5.32 Å². The normalized spacial score (nSPS) is 37.3. The van der Waals surface area contributed by atoms with Crippen LogP contribution in [0.3, 0.4) is 0 Å². The molecule has 3 fully saturated rings. The van der Waals surface area contributed by atoms with E-state index >= 15 is 0 Å². The molecular formula is C26H39NO7. The van der Waals surface area contributed by atoms with E-state index in [4.69, 9.17) is 19.3 Å². The summed E-state index contributed by atoms with van der Waals surface area (Å²) in [6, 6.07) is -0.0680. The van der Waals surface area contributed by atoms with Crippen molar-refractivity contribution in [3.63, 3.8) is 0 Å². The number of carbonyl (C=O) groups is 2. The summed E-state index contributed by atoms with van der Waals surface area (Å²) < 4.78 is 17.8. The van der Waals surface area contributed by atoms with Gasteiger partial charge in [-0.2, -0.15) is 0 Å². The molecule has 34 heavy (non-hydrogen) atoms. The Balaban J connectivity index is 1.49. The van der Waals surface area contributed by atoms with E-state index < -0.39 is 12.1 Å². The lowest BCUT2D eigenvalue weighted by Crippen LogP contribution is -2.50. The zero-order valence-corrected chi connectivity index (χ0v) is 20.6. The number of carbonyl (C=O) groups excluding carboxylic acids is 1. The molecule has 1 amide bonds. The van der Waals surface area contributed by atoms with E-state index in [9.17, 15) is 14.7 Å². The molecule has 0 radical (unpaired) electrons. The largest absolute Gasteiger partial charge is 0.481 e. The van der Waals surface area contributed by atoms with Gasteiger partial charge in [0.25, 0.3) is 0 Å². The van der Waals surface area contributed by atoms with E-state index in [2.05, 4.69) is 18.3 Å². The molecule has 0 aromatic heterocycles. The zero-order chi connectivity index (χ0) is 24.9. The number of ether oxygens (including phenoxy) is 3. The third kappa shape index (κ3) is 8.05. The van der Waals surface area contributed by atoms with Crippen molar-refractivity contribution >= 4 is 11.9 Å². The van der Waals surface area contributed by atoms with E-state index in [1.807, 2.05) is 26.0 Å². The molecule has 0 saturated carbocycles. The Morgan fingerprint density at radius 1 is 1.21 bits per heavy atom. The first-order valence-electron chi connectivity index (χ1n) is 12.2. The lowest BCUT2D eigenvalue weighted by atomic mass is 9.88. The van der Waals surface area contributed by atoms with Gasteiger partial charge in [-0.25, -0.2) is 0 Å². The van der Waals surface area contributed by atoms with E-state index in [0.29, 0.717) is 13.0 Å². The molecule has 3 rings (SSSR count). The molecule has 8 nitrogen and oxygen atoms in total. The number of carboxylic acids is 1. The maximum Gasteiger partial charge on any atom is 0.305 e. The van der Waals surface area contributed by atoms with Gasteiger partial charge in [-0.05, 0) is 39.5 Å². The van der Waals surface area contributed by atoms with Gasteiger partial charge in [0, 0.05) is 18.9 Å². The predicted molar refractivity (Wildman–Crippen MR) is 127 cm³/mol. The fraction of sp³-hybridized carbons (Fsp3) is 0.692. The molecule has 3 N–H and O–H groups in total. The first kappa shape index (κ1) is 26.6. The Hall–Kier alpha value is -2.00. The van der Waals surface area contributed by atoms with Crippen molar-refractivity contribution in [1.82, 2.24) is 5.32 Å². The van der Waals surface area contributed by atoms with Crippen LogP contribution >= 0.6 is 0 Å². The molecule has 3 aliphatic rings. The van der Waals surface area contributed by atoms with Gasteiger partial charge in [-0.3, -0.25) is 9.59 Å². The minimum Gasteiger partial charge on any atom is -0.481 e. The van der Waals surface area contributed by atoms with Gasteiger partial charge in [-0.15, -0.1) is 0 Å². The Kier molecular flexibility index (Phi) is 9.09. The van der Waals surface area contributed by atoms with Crippen LogP contribution in [0.1, 0.15) is 59.8 Å². The van der Waals surface area contributed by atoms with Gasteiger partial charge in [0.05, 0.1) is 55.2 Å². The highest BCUT2D eigenvalue weighted by molar-refractivity contribution is 5.87. The van der Waals surface area contributed by atoms with Crippen molar-refractivity contribution in [1.29, 1.82) is 0 Å². The SMILES string of the molecule is CC(C=CC1CC2(CO2)CC(CC(=O)O)O1)=CCC1OC(C)C(NC(=O)C=CC(C)O)CC1C. The second-order valence-corrected chi connectivity index (χ2v) is 10.1. The first-order chi connectivity index (χ1) is 16.0. The summed E-state index contributed by atoms with van der Waals surface area (Å²) >= 11 is 0. The molecule has 8 heteroatoms. The number of aliphatic hydroxyl groups excluding tert-OH is 1. The first-order valence-corrected chi connectivity index (χ1v) is 12.2.